The highest BCUT2D eigenvalue weighted by Gasteiger charge is 2.38. The minimum atomic E-state index is -4.78. The van der Waals surface area contributed by atoms with Crippen molar-refractivity contribution in [3.8, 4) is 5.75 Å². The van der Waals surface area contributed by atoms with Crippen LogP contribution in [0.25, 0.3) is 0 Å². The van der Waals surface area contributed by atoms with Crippen LogP contribution in [-0.4, -0.2) is 50.9 Å². The Bertz CT molecular complexity index is 1030. The molecule has 3 rings (SSSR count). The Labute approximate surface area is 170 Å². The number of non-ortho nitro benzene ring substituents is 1. The van der Waals surface area contributed by atoms with Crippen molar-refractivity contribution in [1.82, 2.24) is 4.31 Å². The highest BCUT2D eigenvalue weighted by molar-refractivity contribution is 7.89. The van der Waals surface area contributed by atoms with E-state index >= 15 is 0 Å². The lowest BCUT2D eigenvalue weighted by atomic mass is 10.1. The van der Waals surface area contributed by atoms with Gasteiger partial charge in [0.2, 0.25) is 10.0 Å². The number of rotatable bonds is 5. The summed E-state index contributed by atoms with van der Waals surface area (Å²) in [5, 5.41) is 10.8. The molecule has 0 amide bonds. The molecule has 0 spiro atoms. The normalized spacial score (nSPS) is 15.8. The molecule has 0 atom stereocenters. The van der Waals surface area contributed by atoms with Gasteiger partial charge in [0, 0.05) is 44.0 Å². The molecule has 0 unspecified atom stereocenters. The number of hydrogen-bond acceptors (Lipinski definition) is 6. The van der Waals surface area contributed by atoms with E-state index in [0.717, 1.165) is 12.1 Å². The number of nitrogens with zero attached hydrogens (tertiary/aromatic N) is 3. The summed E-state index contributed by atoms with van der Waals surface area (Å²) in [5.41, 5.74) is -2.00. The van der Waals surface area contributed by atoms with E-state index in [1.165, 1.54) is 40.6 Å². The van der Waals surface area contributed by atoms with Gasteiger partial charge < -0.3 is 9.64 Å². The summed E-state index contributed by atoms with van der Waals surface area (Å²) in [6.07, 6.45) is -4.78. The van der Waals surface area contributed by atoms with Crippen LogP contribution in [0.15, 0.2) is 47.4 Å². The molecule has 0 saturated carbocycles. The van der Waals surface area contributed by atoms with Gasteiger partial charge in [0.15, 0.2) is 0 Å². The van der Waals surface area contributed by atoms with Crippen molar-refractivity contribution in [1.29, 1.82) is 0 Å². The van der Waals surface area contributed by atoms with Gasteiger partial charge >= 0.3 is 6.18 Å². The molecular formula is C18H18F3N3O5S. The Balaban J connectivity index is 1.80. The molecule has 0 bridgehead atoms. The predicted octanol–water partition coefficient (Wildman–Crippen LogP) is 3.13. The van der Waals surface area contributed by atoms with Crippen LogP contribution in [0.2, 0.25) is 0 Å². The van der Waals surface area contributed by atoms with Gasteiger partial charge in [-0.25, -0.2) is 8.42 Å². The molecule has 0 N–H and O–H groups in total. The standard InChI is InChI=1S/C18H18F3N3O5S/c1-29-14-3-5-15(6-4-14)30(27,28)23-10-8-22(9-11-23)17-7-2-13(24(25)26)12-16(17)18(19,20)21/h2-7,12H,8-11H2,1H3. The third-order valence-electron chi connectivity index (χ3n) is 4.77. The molecule has 12 heteroatoms. The minimum absolute atomic E-state index is 0.0102. The first-order valence-corrected chi connectivity index (χ1v) is 10.2. The molecule has 1 saturated heterocycles. The van der Waals surface area contributed by atoms with Gasteiger partial charge in [-0.05, 0) is 30.3 Å². The maximum Gasteiger partial charge on any atom is 0.418 e. The number of nitro benzene ring substituents is 1. The molecule has 30 heavy (non-hydrogen) atoms. The number of sulfonamides is 1. The van der Waals surface area contributed by atoms with E-state index in [4.69, 9.17) is 4.74 Å². The Morgan fingerprint density at radius 3 is 2.13 bits per heavy atom. The SMILES string of the molecule is COc1ccc(S(=O)(=O)N2CCN(c3ccc([N+](=O)[O-])cc3C(F)(F)F)CC2)cc1. The molecule has 162 valence electrons. The highest BCUT2D eigenvalue weighted by Crippen LogP contribution is 2.39. The number of hydrogen-bond donors (Lipinski definition) is 0. The fourth-order valence-corrected chi connectivity index (χ4v) is 4.63. The lowest BCUT2D eigenvalue weighted by molar-refractivity contribution is -0.385. The average Bonchev–Trinajstić information content (AvgIpc) is 2.72. The molecule has 0 radical (unpaired) electrons. The third kappa shape index (κ3) is 4.33. The van der Waals surface area contributed by atoms with E-state index in [0.29, 0.717) is 11.8 Å². The van der Waals surface area contributed by atoms with Crippen LogP contribution in [0.4, 0.5) is 24.5 Å². The zero-order valence-electron chi connectivity index (χ0n) is 15.8. The molecule has 1 fully saturated rings. The van der Waals surface area contributed by atoms with Crippen molar-refractivity contribution in [3.63, 3.8) is 0 Å². The number of halogens is 3. The van der Waals surface area contributed by atoms with Crippen LogP contribution in [-0.2, 0) is 16.2 Å². The topological polar surface area (TPSA) is 93.0 Å². The maximum atomic E-state index is 13.4. The quantitative estimate of drug-likeness (QED) is 0.519. The zero-order chi connectivity index (χ0) is 22.1. The van der Waals surface area contributed by atoms with Gasteiger partial charge in [0.25, 0.3) is 5.69 Å². The van der Waals surface area contributed by atoms with Gasteiger partial charge in [-0.2, -0.15) is 17.5 Å². The fourth-order valence-electron chi connectivity index (χ4n) is 3.21. The summed E-state index contributed by atoms with van der Waals surface area (Å²) >= 11 is 0. The molecule has 1 aliphatic heterocycles. The largest absolute Gasteiger partial charge is 0.497 e. The van der Waals surface area contributed by atoms with Gasteiger partial charge in [0.05, 0.1) is 22.5 Å². The van der Waals surface area contributed by atoms with Crippen LogP contribution in [0, 0.1) is 10.1 Å². The second-order valence-electron chi connectivity index (χ2n) is 6.52. The van der Waals surface area contributed by atoms with Gasteiger partial charge in [-0.1, -0.05) is 0 Å². The molecular weight excluding hydrogens is 427 g/mol. The number of alkyl halides is 3. The van der Waals surface area contributed by atoms with Crippen LogP contribution in [0.3, 0.4) is 0 Å². The predicted molar refractivity (Wildman–Crippen MR) is 102 cm³/mol. The van der Waals surface area contributed by atoms with Crippen molar-refractivity contribution in [2.24, 2.45) is 0 Å². The number of nitro groups is 1. The smallest absolute Gasteiger partial charge is 0.418 e. The lowest BCUT2D eigenvalue weighted by Crippen LogP contribution is -2.49. The van der Waals surface area contributed by atoms with Gasteiger partial charge in [-0.15, -0.1) is 0 Å². The Morgan fingerprint density at radius 1 is 1.03 bits per heavy atom. The van der Waals surface area contributed by atoms with Crippen LogP contribution < -0.4 is 9.64 Å². The zero-order valence-corrected chi connectivity index (χ0v) is 16.6. The Kier molecular flexibility index (Phi) is 5.90. The molecule has 2 aromatic carbocycles. The van der Waals surface area contributed by atoms with E-state index in [2.05, 4.69) is 0 Å². The molecule has 1 heterocycles. The summed E-state index contributed by atoms with van der Waals surface area (Å²) in [6, 6.07) is 8.37. The fraction of sp³-hybridized carbons (Fsp3) is 0.333. The Hall–Kier alpha value is -2.86. The van der Waals surface area contributed by atoms with E-state index in [1.54, 1.807) is 0 Å². The number of anilines is 1. The maximum absolute atomic E-state index is 13.4. The average molecular weight is 445 g/mol. The van der Waals surface area contributed by atoms with Crippen molar-refractivity contribution in [2.75, 3.05) is 38.2 Å². The number of benzene rings is 2. The van der Waals surface area contributed by atoms with Gasteiger partial charge in [-0.3, -0.25) is 10.1 Å². The Morgan fingerprint density at radius 2 is 1.63 bits per heavy atom. The van der Waals surface area contributed by atoms with Crippen molar-refractivity contribution in [3.05, 3.63) is 58.1 Å². The summed E-state index contributed by atoms with van der Waals surface area (Å²) in [7, 11) is -2.36. The second kappa shape index (κ2) is 8.11. The highest BCUT2D eigenvalue weighted by atomic mass is 32.2. The number of methoxy groups -OCH3 is 1. The molecule has 0 aliphatic carbocycles. The summed E-state index contributed by atoms with van der Waals surface area (Å²) in [6.45, 7) is -0.0299. The molecule has 1 aliphatic rings. The van der Waals surface area contributed by atoms with Crippen LogP contribution >= 0.6 is 0 Å². The summed E-state index contributed by atoms with van der Waals surface area (Å²) < 4.78 is 72.1. The van der Waals surface area contributed by atoms with E-state index in [9.17, 15) is 31.7 Å². The van der Waals surface area contributed by atoms with Crippen LogP contribution in [0.5, 0.6) is 5.75 Å². The van der Waals surface area contributed by atoms with Crippen molar-refractivity contribution in [2.45, 2.75) is 11.1 Å². The monoisotopic (exact) mass is 445 g/mol. The van der Waals surface area contributed by atoms with E-state index < -0.39 is 32.4 Å². The van der Waals surface area contributed by atoms with Crippen molar-refractivity contribution >= 4 is 21.4 Å². The first kappa shape index (κ1) is 21.8. The summed E-state index contributed by atoms with van der Waals surface area (Å²) in [4.78, 5) is 11.4. The minimum Gasteiger partial charge on any atom is -0.497 e. The lowest BCUT2D eigenvalue weighted by Gasteiger charge is -2.36. The molecule has 8 nitrogen and oxygen atoms in total. The first-order valence-electron chi connectivity index (χ1n) is 8.79. The second-order valence-corrected chi connectivity index (χ2v) is 8.46. The van der Waals surface area contributed by atoms with Crippen LogP contribution in [0.1, 0.15) is 5.56 Å². The summed E-state index contributed by atoms with van der Waals surface area (Å²) in [5.74, 6) is 0.497. The van der Waals surface area contributed by atoms with E-state index in [-0.39, 0.29) is 36.8 Å². The third-order valence-corrected chi connectivity index (χ3v) is 6.69. The molecule has 2 aromatic rings. The number of ether oxygens (including phenoxy) is 1. The van der Waals surface area contributed by atoms with Crippen molar-refractivity contribution < 1.29 is 31.2 Å². The van der Waals surface area contributed by atoms with Gasteiger partial charge in [0.1, 0.15) is 5.75 Å². The van der Waals surface area contributed by atoms with E-state index in [1.807, 2.05) is 0 Å². The first-order chi connectivity index (χ1) is 14.0. The number of piperazine rings is 1. The molecule has 0 aromatic heterocycles.